The normalized spacial score (nSPS) is 21.7. The minimum atomic E-state index is 0.0567. The molecule has 1 amide bonds. The highest BCUT2D eigenvalue weighted by atomic mass is 16.2. The second-order valence-electron chi connectivity index (χ2n) is 5.74. The molecule has 3 heterocycles. The number of nitrogens with one attached hydrogen (secondary N) is 1. The molecule has 1 atom stereocenters. The van der Waals surface area contributed by atoms with Gasteiger partial charge in [0, 0.05) is 30.4 Å². The topological polar surface area (TPSA) is 74.8 Å². The Balaban J connectivity index is 1.58. The molecule has 6 heteroatoms. The third-order valence-corrected chi connectivity index (χ3v) is 4.22. The number of carbonyl (C=O) groups is 1. The van der Waals surface area contributed by atoms with Gasteiger partial charge in [-0.15, -0.1) is 0 Å². The van der Waals surface area contributed by atoms with Crippen LogP contribution in [-0.4, -0.2) is 37.5 Å². The summed E-state index contributed by atoms with van der Waals surface area (Å²) in [5.74, 6) is 2.01. The van der Waals surface area contributed by atoms with E-state index in [1.54, 1.807) is 12.4 Å². The average Bonchev–Trinajstić information content (AvgIpc) is 3.07. The molecule has 2 fully saturated rings. The van der Waals surface area contributed by atoms with Gasteiger partial charge in [-0.05, 0) is 37.8 Å². The van der Waals surface area contributed by atoms with Crippen LogP contribution in [0, 0.1) is 5.92 Å². The smallest absolute Gasteiger partial charge is 0.226 e. The molecule has 2 aromatic heterocycles. The highest BCUT2D eigenvalue weighted by molar-refractivity contribution is 5.81. The Morgan fingerprint density at radius 1 is 1.24 bits per heavy atom. The number of hydrogen-bond acceptors (Lipinski definition) is 4. The second-order valence-corrected chi connectivity index (χ2v) is 5.74. The van der Waals surface area contributed by atoms with Gasteiger partial charge in [0.1, 0.15) is 5.82 Å². The average molecular weight is 283 g/mol. The number of carbonyl (C=O) groups excluding carboxylic acids is 1. The predicted octanol–water partition coefficient (Wildman–Crippen LogP) is 1.94. The van der Waals surface area contributed by atoms with Crippen molar-refractivity contribution in [2.45, 2.75) is 31.7 Å². The van der Waals surface area contributed by atoms with Gasteiger partial charge in [0.25, 0.3) is 0 Å². The molecule has 0 aromatic carbocycles. The van der Waals surface area contributed by atoms with E-state index in [0.29, 0.717) is 11.7 Å². The van der Waals surface area contributed by atoms with Crippen molar-refractivity contribution in [3.8, 4) is 11.4 Å². The van der Waals surface area contributed by atoms with Crippen LogP contribution in [0.4, 0.5) is 0 Å². The maximum absolute atomic E-state index is 12.3. The van der Waals surface area contributed by atoms with Crippen molar-refractivity contribution in [1.82, 2.24) is 25.1 Å². The summed E-state index contributed by atoms with van der Waals surface area (Å²) in [6.45, 7) is 0.839. The Morgan fingerprint density at radius 2 is 2.05 bits per heavy atom. The number of aromatic amines is 1. The fourth-order valence-corrected chi connectivity index (χ4v) is 2.93. The van der Waals surface area contributed by atoms with Gasteiger partial charge in [-0.2, -0.15) is 5.10 Å². The molecule has 0 radical (unpaired) electrons. The van der Waals surface area contributed by atoms with E-state index in [1.165, 1.54) is 0 Å². The zero-order valence-electron chi connectivity index (χ0n) is 11.7. The van der Waals surface area contributed by atoms with Crippen molar-refractivity contribution >= 4 is 5.91 Å². The van der Waals surface area contributed by atoms with E-state index in [0.717, 1.165) is 43.6 Å². The van der Waals surface area contributed by atoms with Gasteiger partial charge in [0.2, 0.25) is 5.91 Å². The molecular formula is C15H17N5O. The summed E-state index contributed by atoms with van der Waals surface area (Å²) < 4.78 is 0. The maximum Gasteiger partial charge on any atom is 0.226 e. The Labute approximate surface area is 122 Å². The Bertz CT molecular complexity index is 649. The van der Waals surface area contributed by atoms with Crippen molar-refractivity contribution in [3.63, 3.8) is 0 Å². The van der Waals surface area contributed by atoms with Crippen LogP contribution in [0.25, 0.3) is 11.4 Å². The van der Waals surface area contributed by atoms with E-state index < -0.39 is 0 Å². The number of pyridine rings is 1. The molecule has 0 spiro atoms. The third kappa shape index (κ3) is 2.30. The van der Waals surface area contributed by atoms with E-state index in [2.05, 4.69) is 20.2 Å². The molecule has 2 aromatic rings. The Kier molecular flexibility index (Phi) is 2.94. The Hall–Kier alpha value is -2.24. The monoisotopic (exact) mass is 283 g/mol. The fourth-order valence-electron chi connectivity index (χ4n) is 2.93. The standard InChI is InChI=1S/C15H17N5O/c21-15(11-3-4-11)20-9-1-2-12(20)14-17-13(18-19-14)10-5-7-16-8-6-10/h5-8,11-12H,1-4,9H2,(H,17,18,19). The molecule has 1 aliphatic carbocycles. The van der Waals surface area contributed by atoms with E-state index in [4.69, 9.17) is 0 Å². The first-order chi connectivity index (χ1) is 10.3. The largest absolute Gasteiger partial charge is 0.332 e. The number of likely N-dealkylation sites (tertiary alicyclic amines) is 1. The zero-order chi connectivity index (χ0) is 14.2. The molecular weight excluding hydrogens is 266 g/mol. The minimum absolute atomic E-state index is 0.0567. The van der Waals surface area contributed by atoms with E-state index in [-0.39, 0.29) is 12.0 Å². The van der Waals surface area contributed by atoms with Crippen molar-refractivity contribution < 1.29 is 4.79 Å². The van der Waals surface area contributed by atoms with Crippen LogP contribution in [-0.2, 0) is 4.79 Å². The summed E-state index contributed by atoms with van der Waals surface area (Å²) in [7, 11) is 0. The number of hydrogen-bond donors (Lipinski definition) is 1. The van der Waals surface area contributed by atoms with Gasteiger partial charge >= 0.3 is 0 Å². The van der Waals surface area contributed by atoms with Crippen molar-refractivity contribution in [2.24, 2.45) is 5.92 Å². The molecule has 0 bridgehead atoms. The summed E-state index contributed by atoms with van der Waals surface area (Å²) in [5.41, 5.74) is 0.936. The summed E-state index contributed by atoms with van der Waals surface area (Å²) >= 11 is 0. The van der Waals surface area contributed by atoms with Crippen LogP contribution in [0.3, 0.4) is 0 Å². The van der Waals surface area contributed by atoms with Crippen LogP contribution < -0.4 is 0 Å². The van der Waals surface area contributed by atoms with Crippen molar-refractivity contribution in [1.29, 1.82) is 0 Å². The molecule has 1 saturated heterocycles. The van der Waals surface area contributed by atoms with Gasteiger partial charge in [-0.1, -0.05) is 0 Å². The van der Waals surface area contributed by atoms with Gasteiger partial charge in [-0.3, -0.25) is 14.9 Å². The molecule has 1 saturated carbocycles. The predicted molar refractivity (Wildman–Crippen MR) is 76.0 cm³/mol. The lowest BCUT2D eigenvalue weighted by atomic mass is 10.2. The van der Waals surface area contributed by atoms with Crippen LogP contribution in [0.5, 0.6) is 0 Å². The first-order valence-corrected chi connectivity index (χ1v) is 7.46. The van der Waals surface area contributed by atoms with Gasteiger partial charge in [-0.25, -0.2) is 4.98 Å². The molecule has 1 aliphatic heterocycles. The highest BCUT2D eigenvalue weighted by Crippen LogP contribution is 2.38. The summed E-state index contributed by atoms with van der Waals surface area (Å²) in [6, 6.07) is 3.82. The number of rotatable bonds is 3. The van der Waals surface area contributed by atoms with E-state index in [9.17, 15) is 4.79 Å². The van der Waals surface area contributed by atoms with Crippen molar-refractivity contribution in [3.05, 3.63) is 30.4 Å². The quantitative estimate of drug-likeness (QED) is 0.934. The highest BCUT2D eigenvalue weighted by Gasteiger charge is 2.39. The van der Waals surface area contributed by atoms with E-state index >= 15 is 0 Å². The lowest BCUT2D eigenvalue weighted by Crippen LogP contribution is -2.32. The SMILES string of the molecule is O=C(C1CC1)N1CCCC1c1nc(-c2ccncc2)n[nH]1. The summed E-state index contributed by atoms with van der Waals surface area (Å²) in [5, 5.41) is 7.30. The van der Waals surface area contributed by atoms with Crippen LogP contribution in [0.2, 0.25) is 0 Å². The van der Waals surface area contributed by atoms with Gasteiger partial charge in [0.15, 0.2) is 5.82 Å². The molecule has 108 valence electrons. The van der Waals surface area contributed by atoms with E-state index in [1.807, 2.05) is 17.0 Å². The van der Waals surface area contributed by atoms with Gasteiger partial charge in [0.05, 0.1) is 6.04 Å². The molecule has 2 aliphatic rings. The zero-order valence-corrected chi connectivity index (χ0v) is 11.7. The molecule has 6 nitrogen and oxygen atoms in total. The number of amides is 1. The lowest BCUT2D eigenvalue weighted by molar-refractivity contribution is -0.133. The maximum atomic E-state index is 12.3. The van der Waals surface area contributed by atoms with Gasteiger partial charge < -0.3 is 4.90 Å². The van der Waals surface area contributed by atoms with Crippen LogP contribution in [0.1, 0.15) is 37.5 Å². The van der Waals surface area contributed by atoms with Crippen LogP contribution >= 0.6 is 0 Å². The molecule has 4 rings (SSSR count). The summed E-state index contributed by atoms with van der Waals surface area (Å²) in [6.07, 6.45) is 7.53. The number of aromatic nitrogens is 4. The second kappa shape index (κ2) is 4.95. The molecule has 21 heavy (non-hydrogen) atoms. The van der Waals surface area contributed by atoms with Crippen LogP contribution in [0.15, 0.2) is 24.5 Å². The first kappa shape index (κ1) is 12.5. The first-order valence-electron chi connectivity index (χ1n) is 7.46. The Morgan fingerprint density at radius 3 is 2.81 bits per heavy atom. The third-order valence-electron chi connectivity index (χ3n) is 4.22. The molecule has 1 unspecified atom stereocenters. The number of nitrogens with zero attached hydrogens (tertiary/aromatic N) is 4. The number of H-pyrrole nitrogens is 1. The lowest BCUT2D eigenvalue weighted by Gasteiger charge is -2.22. The van der Waals surface area contributed by atoms with Crippen molar-refractivity contribution in [2.75, 3.05) is 6.54 Å². The minimum Gasteiger partial charge on any atom is -0.332 e. The summed E-state index contributed by atoms with van der Waals surface area (Å²) in [4.78, 5) is 22.9. The fraction of sp³-hybridized carbons (Fsp3) is 0.467. The molecule has 1 N–H and O–H groups in total.